The third-order valence-corrected chi connectivity index (χ3v) is 5.13. The Hall–Kier alpha value is -2.22. The molecule has 0 heterocycles. The van der Waals surface area contributed by atoms with Crippen LogP contribution in [-0.4, -0.2) is 32.8 Å². The summed E-state index contributed by atoms with van der Waals surface area (Å²) in [5.74, 6) is -0.0934. The molecule has 0 saturated carbocycles. The predicted molar refractivity (Wildman–Crippen MR) is 102 cm³/mol. The van der Waals surface area contributed by atoms with Crippen molar-refractivity contribution in [2.45, 2.75) is 31.3 Å². The number of rotatable bonds is 7. The monoisotopic (exact) mass is 375 g/mol. The van der Waals surface area contributed by atoms with E-state index in [1.165, 1.54) is 23.3 Å². The lowest BCUT2D eigenvalue weighted by atomic mass is 10.1. The molecule has 0 spiro atoms. The highest BCUT2D eigenvalue weighted by atomic mass is 32.2. The van der Waals surface area contributed by atoms with Gasteiger partial charge >= 0.3 is 0 Å². The number of nitrogens with zero attached hydrogens (tertiary/aromatic N) is 1. The molecule has 7 heteroatoms. The molecule has 3 N–H and O–H groups in total. The summed E-state index contributed by atoms with van der Waals surface area (Å²) < 4.78 is 22.6. The van der Waals surface area contributed by atoms with Crippen LogP contribution in [0.25, 0.3) is 0 Å². The van der Waals surface area contributed by atoms with Crippen molar-refractivity contribution in [1.82, 2.24) is 10.2 Å². The number of carbonyl (C=O) groups excluding carboxylic acids is 1. The molecule has 1 amide bonds. The topological polar surface area (TPSA) is 92.5 Å². The van der Waals surface area contributed by atoms with Crippen LogP contribution in [0.4, 0.5) is 0 Å². The lowest BCUT2D eigenvalue weighted by Crippen LogP contribution is -2.36. The lowest BCUT2D eigenvalue weighted by molar-refractivity contribution is -0.122. The Labute approximate surface area is 155 Å². The molecular formula is C19H25N3O3S. The molecular weight excluding hydrogens is 350 g/mol. The third-order valence-electron chi connectivity index (χ3n) is 4.20. The van der Waals surface area contributed by atoms with Crippen LogP contribution < -0.4 is 10.5 Å². The maximum atomic E-state index is 12.3. The van der Waals surface area contributed by atoms with Gasteiger partial charge in [0.15, 0.2) is 0 Å². The van der Waals surface area contributed by atoms with Crippen LogP contribution in [0.3, 0.4) is 0 Å². The van der Waals surface area contributed by atoms with Crippen LogP contribution >= 0.6 is 0 Å². The summed E-state index contributed by atoms with van der Waals surface area (Å²) in [6.07, 6.45) is 0. The van der Waals surface area contributed by atoms with Crippen LogP contribution in [-0.2, 0) is 21.4 Å². The second-order valence-electron chi connectivity index (χ2n) is 6.50. The fraction of sp³-hybridized carbons (Fsp3) is 0.316. The molecule has 2 aromatic carbocycles. The van der Waals surface area contributed by atoms with E-state index in [1.54, 1.807) is 12.1 Å². The predicted octanol–water partition coefficient (Wildman–Crippen LogP) is 1.95. The lowest BCUT2D eigenvalue weighted by Gasteiger charge is -2.20. The van der Waals surface area contributed by atoms with Crippen molar-refractivity contribution >= 4 is 15.9 Å². The van der Waals surface area contributed by atoms with Gasteiger partial charge in [0.05, 0.1) is 17.5 Å². The summed E-state index contributed by atoms with van der Waals surface area (Å²) >= 11 is 0. The first kappa shape index (κ1) is 20.1. The number of carbonyl (C=O) groups is 1. The number of hydrogen-bond donors (Lipinski definition) is 2. The summed E-state index contributed by atoms with van der Waals surface area (Å²) in [6, 6.07) is 14.1. The molecule has 0 fully saturated rings. The quantitative estimate of drug-likeness (QED) is 0.774. The molecule has 0 bridgehead atoms. The molecule has 0 aliphatic rings. The number of hydrogen-bond acceptors (Lipinski definition) is 4. The van der Waals surface area contributed by atoms with Gasteiger partial charge in [0, 0.05) is 6.54 Å². The zero-order chi connectivity index (χ0) is 19.3. The largest absolute Gasteiger partial charge is 0.348 e. The highest BCUT2D eigenvalue weighted by Crippen LogP contribution is 2.15. The number of benzene rings is 2. The third kappa shape index (κ3) is 5.66. The van der Waals surface area contributed by atoms with Crippen LogP contribution in [0.2, 0.25) is 0 Å². The number of aryl methyl sites for hydroxylation is 1. The average molecular weight is 375 g/mol. The van der Waals surface area contributed by atoms with Crippen molar-refractivity contribution < 1.29 is 13.2 Å². The van der Waals surface area contributed by atoms with Crippen molar-refractivity contribution in [1.29, 1.82) is 0 Å². The minimum Gasteiger partial charge on any atom is -0.348 e. The summed E-state index contributed by atoms with van der Waals surface area (Å²) in [6.45, 7) is 4.87. The van der Waals surface area contributed by atoms with Crippen LogP contribution in [0.15, 0.2) is 53.4 Å². The number of nitrogens with one attached hydrogen (secondary N) is 1. The first-order valence-corrected chi connectivity index (χ1v) is 9.86. The number of likely N-dealkylation sites (N-methyl/N-ethyl adjacent to an activating group) is 1. The Morgan fingerprint density at radius 1 is 1.15 bits per heavy atom. The molecule has 2 rings (SSSR count). The Morgan fingerprint density at radius 3 is 2.35 bits per heavy atom. The smallest absolute Gasteiger partial charge is 0.238 e. The zero-order valence-corrected chi connectivity index (χ0v) is 16.1. The molecule has 0 aliphatic carbocycles. The average Bonchev–Trinajstić information content (AvgIpc) is 2.56. The highest BCUT2D eigenvalue weighted by molar-refractivity contribution is 7.89. The SMILES string of the molecule is Cc1ccccc1CN(C)CC(=O)N[C@H](C)c1ccc(S(N)(=O)=O)cc1. The fourth-order valence-electron chi connectivity index (χ4n) is 2.70. The molecule has 0 aromatic heterocycles. The molecule has 140 valence electrons. The van der Waals surface area contributed by atoms with Crippen molar-refractivity contribution in [3.63, 3.8) is 0 Å². The van der Waals surface area contributed by atoms with E-state index in [0.29, 0.717) is 6.54 Å². The van der Waals surface area contributed by atoms with Crippen molar-refractivity contribution in [3.05, 3.63) is 65.2 Å². The Morgan fingerprint density at radius 2 is 1.77 bits per heavy atom. The van der Waals surface area contributed by atoms with Gasteiger partial charge in [0.2, 0.25) is 15.9 Å². The summed E-state index contributed by atoms with van der Waals surface area (Å²) in [5, 5.41) is 8.01. The van der Waals surface area contributed by atoms with Crippen LogP contribution in [0, 0.1) is 6.92 Å². The van der Waals surface area contributed by atoms with E-state index in [0.717, 1.165) is 5.56 Å². The normalized spacial score (nSPS) is 12.8. The summed E-state index contributed by atoms with van der Waals surface area (Å²) in [4.78, 5) is 14.3. The molecule has 6 nitrogen and oxygen atoms in total. The van der Waals surface area contributed by atoms with Gasteiger partial charge in [-0.2, -0.15) is 0 Å². The number of primary sulfonamides is 1. The number of sulfonamides is 1. The number of amides is 1. The Balaban J connectivity index is 1.91. The summed E-state index contributed by atoms with van der Waals surface area (Å²) in [7, 11) is -1.81. The van der Waals surface area contributed by atoms with E-state index >= 15 is 0 Å². The van der Waals surface area contributed by atoms with Gasteiger partial charge in [0.25, 0.3) is 0 Å². The van der Waals surface area contributed by atoms with Crippen LogP contribution in [0.5, 0.6) is 0 Å². The maximum Gasteiger partial charge on any atom is 0.238 e. The highest BCUT2D eigenvalue weighted by Gasteiger charge is 2.14. The van der Waals surface area contributed by atoms with E-state index < -0.39 is 10.0 Å². The van der Waals surface area contributed by atoms with Gasteiger partial charge in [-0.1, -0.05) is 36.4 Å². The second-order valence-corrected chi connectivity index (χ2v) is 8.06. The van der Waals surface area contributed by atoms with E-state index in [2.05, 4.69) is 24.4 Å². The molecule has 1 atom stereocenters. The molecule has 0 aliphatic heterocycles. The van der Waals surface area contributed by atoms with Crippen molar-refractivity contribution in [2.75, 3.05) is 13.6 Å². The first-order valence-electron chi connectivity index (χ1n) is 8.32. The molecule has 0 radical (unpaired) electrons. The second kappa shape index (κ2) is 8.44. The van der Waals surface area contributed by atoms with Gasteiger partial charge in [-0.15, -0.1) is 0 Å². The van der Waals surface area contributed by atoms with Gasteiger partial charge in [0.1, 0.15) is 0 Å². The van der Waals surface area contributed by atoms with Gasteiger partial charge in [-0.3, -0.25) is 9.69 Å². The minimum absolute atomic E-state index is 0.0535. The minimum atomic E-state index is -3.71. The zero-order valence-electron chi connectivity index (χ0n) is 15.3. The molecule has 0 unspecified atom stereocenters. The number of nitrogens with two attached hydrogens (primary N) is 1. The first-order chi connectivity index (χ1) is 12.2. The Bertz CT molecular complexity index is 864. The van der Waals surface area contributed by atoms with E-state index in [9.17, 15) is 13.2 Å². The Kier molecular flexibility index (Phi) is 6.52. The fourth-order valence-corrected chi connectivity index (χ4v) is 3.21. The maximum absolute atomic E-state index is 12.3. The summed E-state index contributed by atoms with van der Waals surface area (Å²) in [5.41, 5.74) is 3.20. The van der Waals surface area contributed by atoms with E-state index in [4.69, 9.17) is 5.14 Å². The van der Waals surface area contributed by atoms with Gasteiger partial charge in [-0.25, -0.2) is 13.6 Å². The molecule has 0 saturated heterocycles. The molecule has 2 aromatic rings. The van der Waals surface area contributed by atoms with Crippen LogP contribution in [0.1, 0.15) is 29.7 Å². The van der Waals surface area contributed by atoms with E-state index in [1.807, 2.05) is 31.0 Å². The van der Waals surface area contributed by atoms with Gasteiger partial charge < -0.3 is 5.32 Å². The van der Waals surface area contributed by atoms with Gasteiger partial charge in [-0.05, 0) is 49.7 Å². The standard InChI is InChI=1S/C19H25N3O3S/c1-14-6-4-5-7-17(14)12-22(3)13-19(23)21-15(2)16-8-10-18(11-9-16)26(20,24)25/h4-11,15H,12-13H2,1-3H3,(H,21,23)(H2,20,24,25)/t15-/m1/s1. The van der Waals surface area contributed by atoms with Crippen molar-refractivity contribution in [2.24, 2.45) is 5.14 Å². The van der Waals surface area contributed by atoms with Crippen molar-refractivity contribution in [3.8, 4) is 0 Å². The van der Waals surface area contributed by atoms with E-state index in [-0.39, 0.29) is 23.4 Å². The molecule has 26 heavy (non-hydrogen) atoms.